The van der Waals surface area contributed by atoms with E-state index in [9.17, 15) is 0 Å². The van der Waals surface area contributed by atoms with Crippen LogP contribution in [0.15, 0.2) is 30.5 Å². The molecule has 96 valence electrons. The fourth-order valence-electron chi connectivity index (χ4n) is 1.72. The Balaban J connectivity index is 1.94. The summed E-state index contributed by atoms with van der Waals surface area (Å²) in [6.07, 6.45) is 1.84. The zero-order valence-corrected chi connectivity index (χ0v) is 11.6. The molecule has 2 aromatic rings. The summed E-state index contributed by atoms with van der Waals surface area (Å²) >= 11 is 7.52. The molecule has 0 aliphatic heterocycles. The van der Waals surface area contributed by atoms with Gasteiger partial charge in [0.15, 0.2) is 5.13 Å². The number of nitrogens with zero attached hydrogens (tertiary/aromatic N) is 2. The largest absolute Gasteiger partial charge is 0.300 e. The number of nitrogens with two attached hydrogens (primary N) is 1. The van der Waals surface area contributed by atoms with E-state index in [2.05, 4.69) is 28.4 Å². The minimum atomic E-state index is 0.737. The van der Waals surface area contributed by atoms with E-state index in [1.807, 2.05) is 24.4 Å². The third kappa shape index (κ3) is 3.68. The lowest BCUT2D eigenvalue weighted by atomic mass is 10.2. The summed E-state index contributed by atoms with van der Waals surface area (Å²) in [5.41, 5.74) is 3.75. The van der Waals surface area contributed by atoms with Crippen molar-refractivity contribution in [3.63, 3.8) is 0 Å². The first-order valence-corrected chi connectivity index (χ1v) is 6.71. The van der Waals surface area contributed by atoms with E-state index in [1.165, 1.54) is 10.4 Å². The maximum atomic E-state index is 5.96. The second-order valence-corrected chi connectivity index (χ2v) is 5.63. The van der Waals surface area contributed by atoms with Gasteiger partial charge in [-0.25, -0.2) is 10.8 Å². The number of rotatable bonds is 5. The molecular weight excluding hydrogens is 268 g/mol. The SMILES string of the molecule is CN(Cc1cccc(Cl)c1)Cc1cnc(NN)s1. The Labute approximate surface area is 115 Å². The molecule has 1 aromatic heterocycles. The summed E-state index contributed by atoms with van der Waals surface area (Å²) in [6.45, 7) is 1.69. The lowest BCUT2D eigenvalue weighted by Gasteiger charge is -2.15. The lowest BCUT2D eigenvalue weighted by molar-refractivity contribution is 0.322. The van der Waals surface area contributed by atoms with Crippen LogP contribution in [0, 0.1) is 0 Å². The Bertz CT molecular complexity index is 514. The molecule has 0 spiro atoms. The summed E-state index contributed by atoms with van der Waals surface area (Å²) in [4.78, 5) is 7.52. The molecule has 0 saturated heterocycles. The highest BCUT2D eigenvalue weighted by atomic mass is 35.5. The number of hydrazine groups is 1. The van der Waals surface area contributed by atoms with E-state index in [4.69, 9.17) is 17.4 Å². The van der Waals surface area contributed by atoms with Gasteiger partial charge in [-0.2, -0.15) is 0 Å². The number of halogens is 1. The maximum absolute atomic E-state index is 5.96. The minimum Gasteiger partial charge on any atom is -0.300 e. The molecule has 0 radical (unpaired) electrons. The summed E-state index contributed by atoms with van der Waals surface area (Å²) in [6, 6.07) is 7.90. The molecule has 4 nitrogen and oxygen atoms in total. The Morgan fingerprint density at radius 2 is 2.28 bits per heavy atom. The zero-order chi connectivity index (χ0) is 13.0. The number of nitrogens with one attached hydrogen (secondary N) is 1. The van der Waals surface area contributed by atoms with Crippen molar-refractivity contribution in [2.45, 2.75) is 13.1 Å². The van der Waals surface area contributed by atoms with Crippen molar-refractivity contribution in [1.82, 2.24) is 9.88 Å². The fraction of sp³-hybridized carbons (Fsp3) is 0.250. The van der Waals surface area contributed by atoms with Crippen LogP contribution < -0.4 is 11.3 Å². The van der Waals surface area contributed by atoms with E-state index in [1.54, 1.807) is 11.3 Å². The van der Waals surface area contributed by atoms with E-state index >= 15 is 0 Å². The third-order valence-electron chi connectivity index (χ3n) is 2.44. The number of hydrogen-bond acceptors (Lipinski definition) is 5. The van der Waals surface area contributed by atoms with Crippen LogP contribution in [0.5, 0.6) is 0 Å². The van der Waals surface area contributed by atoms with E-state index in [-0.39, 0.29) is 0 Å². The van der Waals surface area contributed by atoms with Crippen LogP contribution in [0.4, 0.5) is 5.13 Å². The smallest absolute Gasteiger partial charge is 0.197 e. The van der Waals surface area contributed by atoms with Gasteiger partial charge in [0.25, 0.3) is 0 Å². The molecule has 0 saturated carbocycles. The molecule has 1 heterocycles. The minimum absolute atomic E-state index is 0.737. The maximum Gasteiger partial charge on any atom is 0.197 e. The second-order valence-electron chi connectivity index (χ2n) is 4.08. The normalized spacial score (nSPS) is 10.9. The van der Waals surface area contributed by atoms with Gasteiger partial charge in [-0.15, -0.1) is 0 Å². The standard InChI is InChI=1S/C12H15ClN4S/c1-17(7-9-3-2-4-10(13)5-9)8-11-6-15-12(16-14)18-11/h2-6H,7-8,14H2,1H3,(H,15,16). The number of anilines is 1. The van der Waals surface area contributed by atoms with Crippen LogP contribution >= 0.6 is 22.9 Å². The Morgan fingerprint density at radius 1 is 1.44 bits per heavy atom. The highest BCUT2D eigenvalue weighted by Crippen LogP contribution is 2.19. The fourth-order valence-corrected chi connectivity index (χ4v) is 2.73. The molecule has 6 heteroatoms. The van der Waals surface area contributed by atoms with E-state index < -0.39 is 0 Å². The molecule has 0 amide bonds. The van der Waals surface area contributed by atoms with Crippen molar-refractivity contribution in [2.75, 3.05) is 12.5 Å². The molecular formula is C12H15ClN4S. The topological polar surface area (TPSA) is 54.2 Å². The number of aromatic nitrogens is 1. The van der Waals surface area contributed by atoms with Gasteiger partial charge in [-0.1, -0.05) is 35.1 Å². The first kappa shape index (κ1) is 13.3. The van der Waals surface area contributed by atoms with Gasteiger partial charge < -0.3 is 0 Å². The molecule has 0 bridgehead atoms. The van der Waals surface area contributed by atoms with Gasteiger partial charge >= 0.3 is 0 Å². The highest BCUT2D eigenvalue weighted by Gasteiger charge is 2.05. The number of benzene rings is 1. The first-order chi connectivity index (χ1) is 8.67. The molecule has 3 N–H and O–H groups in total. The van der Waals surface area contributed by atoms with E-state index in [0.29, 0.717) is 0 Å². The van der Waals surface area contributed by atoms with Crippen LogP contribution in [-0.4, -0.2) is 16.9 Å². The molecule has 2 rings (SSSR count). The van der Waals surface area contributed by atoms with Crippen LogP contribution in [0.2, 0.25) is 5.02 Å². The van der Waals surface area contributed by atoms with Crippen molar-refractivity contribution in [3.8, 4) is 0 Å². The van der Waals surface area contributed by atoms with Gasteiger partial charge in [-0.05, 0) is 24.7 Å². The average Bonchev–Trinajstić information content (AvgIpc) is 2.76. The molecule has 0 unspecified atom stereocenters. The van der Waals surface area contributed by atoms with E-state index in [0.717, 1.165) is 23.2 Å². The second kappa shape index (κ2) is 6.15. The van der Waals surface area contributed by atoms with Gasteiger partial charge in [-0.3, -0.25) is 10.3 Å². The molecule has 0 fully saturated rings. The van der Waals surface area contributed by atoms with Crippen LogP contribution in [0.25, 0.3) is 0 Å². The third-order valence-corrected chi connectivity index (χ3v) is 3.59. The van der Waals surface area contributed by atoms with Crippen molar-refractivity contribution in [1.29, 1.82) is 0 Å². The molecule has 1 aromatic carbocycles. The Kier molecular flexibility index (Phi) is 4.54. The zero-order valence-electron chi connectivity index (χ0n) is 10.1. The van der Waals surface area contributed by atoms with Crippen LogP contribution in [0.1, 0.15) is 10.4 Å². The predicted octanol–water partition coefficient (Wildman–Crippen LogP) is 2.71. The number of thiazole rings is 1. The quantitative estimate of drug-likeness (QED) is 0.654. The molecule has 0 atom stereocenters. The highest BCUT2D eigenvalue weighted by molar-refractivity contribution is 7.15. The Hall–Kier alpha value is -1.14. The number of hydrogen-bond donors (Lipinski definition) is 2. The van der Waals surface area contributed by atoms with Crippen molar-refractivity contribution < 1.29 is 0 Å². The lowest BCUT2D eigenvalue weighted by Crippen LogP contribution is -2.16. The van der Waals surface area contributed by atoms with Crippen molar-refractivity contribution >= 4 is 28.1 Å². The van der Waals surface area contributed by atoms with Gasteiger partial charge in [0.1, 0.15) is 0 Å². The number of nitrogen functional groups attached to an aromatic ring is 1. The summed E-state index contributed by atoms with van der Waals surface area (Å²) in [5.74, 6) is 5.30. The first-order valence-electron chi connectivity index (χ1n) is 5.51. The monoisotopic (exact) mass is 282 g/mol. The molecule has 18 heavy (non-hydrogen) atoms. The predicted molar refractivity (Wildman–Crippen MR) is 76.5 cm³/mol. The van der Waals surface area contributed by atoms with Gasteiger partial charge in [0, 0.05) is 29.2 Å². The van der Waals surface area contributed by atoms with Crippen LogP contribution in [-0.2, 0) is 13.1 Å². The van der Waals surface area contributed by atoms with Crippen molar-refractivity contribution in [3.05, 3.63) is 45.9 Å². The molecule has 0 aliphatic rings. The summed E-state index contributed by atoms with van der Waals surface area (Å²) in [5, 5.41) is 1.51. The Morgan fingerprint density at radius 3 is 2.94 bits per heavy atom. The molecule has 0 aliphatic carbocycles. The van der Waals surface area contributed by atoms with Crippen LogP contribution in [0.3, 0.4) is 0 Å². The van der Waals surface area contributed by atoms with Gasteiger partial charge in [0.2, 0.25) is 0 Å². The summed E-state index contributed by atoms with van der Waals surface area (Å²) in [7, 11) is 2.07. The average molecular weight is 283 g/mol. The summed E-state index contributed by atoms with van der Waals surface area (Å²) < 4.78 is 0. The van der Waals surface area contributed by atoms with Crippen molar-refractivity contribution in [2.24, 2.45) is 5.84 Å². The van der Waals surface area contributed by atoms with Gasteiger partial charge in [0.05, 0.1) is 0 Å².